The number of aryl methyl sites for hydroxylation is 1. The molecule has 0 N–H and O–H groups in total. The van der Waals surface area contributed by atoms with E-state index in [2.05, 4.69) is 27.0 Å². The van der Waals surface area contributed by atoms with Crippen LogP contribution in [0.2, 0.25) is 0 Å². The minimum absolute atomic E-state index is 0.872. The first-order valence-electron chi connectivity index (χ1n) is 4.48. The third-order valence-corrected chi connectivity index (χ3v) is 3.76. The van der Waals surface area contributed by atoms with E-state index in [9.17, 15) is 0 Å². The van der Waals surface area contributed by atoms with Crippen LogP contribution in [0.15, 0.2) is 28.2 Å². The van der Waals surface area contributed by atoms with Crippen LogP contribution in [0.3, 0.4) is 0 Å². The second-order valence-electron chi connectivity index (χ2n) is 3.11. The molecule has 0 aliphatic carbocycles. The lowest BCUT2D eigenvalue weighted by Crippen LogP contribution is -1.83. The summed E-state index contributed by atoms with van der Waals surface area (Å²) in [6.45, 7) is 2.01. The van der Waals surface area contributed by atoms with Gasteiger partial charge in [0, 0.05) is 0 Å². The Balaban J connectivity index is 2.49. The number of rotatable bonds is 2. The highest BCUT2D eigenvalue weighted by Crippen LogP contribution is 2.33. The number of hydrogen-bond acceptors (Lipinski definition) is 3. The fraction of sp³-hybridized carbons (Fsp3) is 0.182. The van der Waals surface area contributed by atoms with E-state index >= 15 is 0 Å². The Morgan fingerprint density at radius 1 is 1.40 bits per heavy atom. The Labute approximate surface area is 101 Å². The van der Waals surface area contributed by atoms with Crippen molar-refractivity contribution in [2.45, 2.75) is 6.92 Å². The van der Waals surface area contributed by atoms with Gasteiger partial charge in [-0.25, -0.2) is 4.98 Å². The molecule has 0 saturated heterocycles. The smallest absolute Gasteiger partial charge is 0.159 e. The highest BCUT2D eigenvalue weighted by molar-refractivity contribution is 9.11. The van der Waals surface area contributed by atoms with Crippen molar-refractivity contribution in [2.75, 3.05) is 7.11 Å². The number of hydrogen-bond donors (Lipinski definition) is 0. The van der Waals surface area contributed by atoms with Gasteiger partial charge in [-0.1, -0.05) is 12.1 Å². The molecule has 0 aliphatic rings. The first-order chi connectivity index (χ1) is 7.20. The maximum atomic E-state index is 5.20. The van der Waals surface area contributed by atoms with Gasteiger partial charge in [0.15, 0.2) is 3.92 Å². The highest BCUT2D eigenvalue weighted by Gasteiger charge is 2.08. The normalized spacial score (nSPS) is 10.3. The lowest BCUT2D eigenvalue weighted by molar-refractivity contribution is 0.415. The van der Waals surface area contributed by atoms with Gasteiger partial charge >= 0.3 is 0 Å². The maximum absolute atomic E-state index is 5.20. The van der Waals surface area contributed by atoms with Crippen LogP contribution in [-0.2, 0) is 0 Å². The predicted molar refractivity (Wildman–Crippen MR) is 66.5 cm³/mol. The van der Waals surface area contributed by atoms with Gasteiger partial charge in [-0.2, -0.15) is 0 Å². The largest absolute Gasteiger partial charge is 0.497 e. The average Bonchev–Trinajstić information content (AvgIpc) is 2.58. The van der Waals surface area contributed by atoms with E-state index in [1.807, 2.05) is 25.1 Å². The lowest BCUT2D eigenvalue weighted by atomic mass is 10.1. The standard InChI is InChI=1S/C11H10BrNOS/c1-7-10(15-11(12)13-7)8-4-3-5-9(6-8)14-2/h3-6H,1-2H3. The van der Waals surface area contributed by atoms with Crippen molar-refractivity contribution in [3.05, 3.63) is 33.9 Å². The fourth-order valence-electron chi connectivity index (χ4n) is 1.40. The van der Waals surface area contributed by atoms with E-state index < -0.39 is 0 Å². The monoisotopic (exact) mass is 283 g/mol. The van der Waals surface area contributed by atoms with Crippen LogP contribution in [-0.4, -0.2) is 12.1 Å². The topological polar surface area (TPSA) is 22.1 Å². The molecule has 2 rings (SSSR count). The molecule has 78 valence electrons. The quantitative estimate of drug-likeness (QED) is 0.834. The number of halogens is 1. The summed E-state index contributed by atoms with van der Waals surface area (Å²) in [5.74, 6) is 0.872. The molecule has 0 saturated carbocycles. The molecular formula is C11H10BrNOS. The van der Waals surface area contributed by atoms with E-state index in [1.54, 1.807) is 18.4 Å². The number of aromatic nitrogens is 1. The molecule has 0 spiro atoms. The average molecular weight is 284 g/mol. The van der Waals surface area contributed by atoms with Gasteiger partial charge in [-0.15, -0.1) is 11.3 Å². The van der Waals surface area contributed by atoms with Crippen molar-refractivity contribution < 1.29 is 4.74 Å². The summed E-state index contributed by atoms with van der Waals surface area (Å²) < 4.78 is 6.11. The molecule has 0 atom stereocenters. The first kappa shape index (κ1) is 10.6. The van der Waals surface area contributed by atoms with Gasteiger partial charge in [0.05, 0.1) is 17.7 Å². The van der Waals surface area contributed by atoms with Gasteiger partial charge in [0.2, 0.25) is 0 Å². The Hall–Kier alpha value is -0.870. The van der Waals surface area contributed by atoms with Gasteiger partial charge in [-0.3, -0.25) is 0 Å². The zero-order valence-electron chi connectivity index (χ0n) is 8.45. The Bertz CT molecular complexity index is 481. The van der Waals surface area contributed by atoms with E-state index in [-0.39, 0.29) is 0 Å². The summed E-state index contributed by atoms with van der Waals surface area (Å²) >= 11 is 5.03. The number of methoxy groups -OCH3 is 1. The second kappa shape index (κ2) is 4.33. The summed E-state index contributed by atoms with van der Waals surface area (Å²) in [7, 11) is 1.68. The van der Waals surface area contributed by atoms with Crippen LogP contribution in [0.25, 0.3) is 10.4 Å². The minimum Gasteiger partial charge on any atom is -0.497 e. The van der Waals surface area contributed by atoms with Crippen molar-refractivity contribution in [1.82, 2.24) is 4.98 Å². The maximum Gasteiger partial charge on any atom is 0.159 e. The third kappa shape index (κ3) is 2.21. The van der Waals surface area contributed by atoms with Crippen molar-refractivity contribution in [2.24, 2.45) is 0 Å². The van der Waals surface area contributed by atoms with Gasteiger partial charge in [-0.05, 0) is 40.5 Å². The molecule has 15 heavy (non-hydrogen) atoms. The zero-order valence-corrected chi connectivity index (χ0v) is 10.9. The summed E-state index contributed by atoms with van der Waals surface area (Å²) in [5.41, 5.74) is 2.19. The zero-order chi connectivity index (χ0) is 10.8. The van der Waals surface area contributed by atoms with Gasteiger partial charge in [0.1, 0.15) is 5.75 Å². The van der Waals surface area contributed by atoms with Crippen LogP contribution in [0.4, 0.5) is 0 Å². The number of thiazole rings is 1. The molecule has 2 aromatic rings. The number of nitrogens with zero attached hydrogens (tertiary/aromatic N) is 1. The Kier molecular flexibility index (Phi) is 3.07. The minimum atomic E-state index is 0.872. The van der Waals surface area contributed by atoms with Crippen molar-refractivity contribution in [3.8, 4) is 16.2 Å². The third-order valence-electron chi connectivity index (χ3n) is 2.10. The van der Waals surface area contributed by atoms with Gasteiger partial charge in [0.25, 0.3) is 0 Å². The van der Waals surface area contributed by atoms with Crippen LogP contribution in [0, 0.1) is 6.92 Å². The first-order valence-corrected chi connectivity index (χ1v) is 6.09. The van der Waals surface area contributed by atoms with Crippen LogP contribution < -0.4 is 4.74 Å². The van der Waals surface area contributed by atoms with Crippen LogP contribution in [0.5, 0.6) is 5.75 Å². The highest BCUT2D eigenvalue weighted by atomic mass is 79.9. The molecule has 1 aromatic heterocycles. The predicted octanol–water partition coefficient (Wildman–Crippen LogP) is 3.89. The van der Waals surface area contributed by atoms with E-state index in [0.717, 1.165) is 20.9 Å². The van der Waals surface area contributed by atoms with Crippen molar-refractivity contribution in [3.63, 3.8) is 0 Å². The van der Waals surface area contributed by atoms with Crippen molar-refractivity contribution in [1.29, 1.82) is 0 Å². The Morgan fingerprint density at radius 3 is 2.80 bits per heavy atom. The molecule has 0 fully saturated rings. The Morgan fingerprint density at radius 2 is 2.20 bits per heavy atom. The molecule has 1 heterocycles. The molecule has 0 radical (unpaired) electrons. The molecular weight excluding hydrogens is 274 g/mol. The molecule has 4 heteroatoms. The van der Waals surface area contributed by atoms with E-state index in [0.29, 0.717) is 0 Å². The molecule has 0 unspecified atom stereocenters. The summed E-state index contributed by atoms with van der Waals surface area (Å²) in [6, 6.07) is 8.01. The molecule has 2 nitrogen and oxygen atoms in total. The summed E-state index contributed by atoms with van der Waals surface area (Å²) in [4.78, 5) is 5.52. The molecule has 0 bridgehead atoms. The van der Waals surface area contributed by atoms with Crippen LogP contribution in [0.1, 0.15) is 5.69 Å². The summed E-state index contributed by atoms with van der Waals surface area (Å²) in [6.07, 6.45) is 0. The number of benzene rings is 1. The second-order valence-corrected chi connectivity index (χ2v) is 5.39. The van der Waals surface area contributed by atoms with Crippen LogP contribution >= 0.6 is 27.3 Å². The lowest BCUT2D eigenvalue weighted by Gasteiger charge is -2.02. The SMILES string of the molecule is COc1cccc(-c2sc(Br)nc2C)c1. The van der Waals surface area contributed by atoms with E-state index in [1.165, 1.54) is 4.88 Å². The molecule has 0 amide bonds. The summed E-state index contributed by atoms with van der Waals surface area (Å²) in [5, 5.41) is 0. The van der Waals surface area contributed by atoms with Gasteiger partial charge < -0.3 is 4.74 Å². The van der Waals surface area contributed by atoms with Crippen molar-refractivity contribution >= 4 is 27.3 Å². The number of ether oxygens (including phenoxy) is 1. The molecule has 0 aliphatic heterocycles. The molecule has 1 aromatic carbocycles. The van der Waals surface area contributed by atoms with E-state index in [4.69, 9.17) is 4.74 Å². The fourth-order valence-corrected chi connectivity index (χ4v) is 2.94.